The third kappa shape index (κ3) is 2.15. The number of nitrogens with zero attached hydrogens (tertiary/aromatic N) is 4. The maximum absolute atomic E-state index is 13.1. The van der Waals surface area contributed by atoms with Crippen LogP contribution in [0.3, 0.4) is 0 Å². The molecule has 1 aromatic carbocycles. The molecule has 0 bridgehead atoms. The van der Waals surface area contributed by atoms with Gasteiger partial charge < -0.3 is 4.90 Å². The lowest BCUT2D eigenvalue weighted by Crippen LogP contribution is -2.19. The van der Waals surface area contributed by atoms with Crippen molar-refractivity contribution in [3.8, 4) is 11.3 Å². The third-order valence-electron chi connectivity index (χ3n) is 3.76. The second kappa shape index (κ2) is 5.04. The van der Waals surface area contributed by atoms with Crippen LogP contribution in [-0.2, 0) is 0 Å². The summed E-state index contributed by atoms with van der Waals surface area (Å²) >= 11 is 1.42. The molecule has 1 saturated heterocycles. The average molecular weight is 300 g/mol. The largest absolute Gasteiger partial charge is 0.355 e. The van der Waals surface area contributed by atoms with Crippen LogP contribution < -0.4 is 4.90 Å². The molecule has 1 aliphatic heterocycles. The minimum atomic E-state index is -0.245. The molecule has 0 saturated carbocycles. The molecule has 4 nitrogen and oxygen atoms in total. The van der Waals surface area contributed by atoms with Crippen molar-refractivity contribution in [2.45, 2.75) is 12.8 Å². The lowest BCUT2D eigenvalue weighted by molar-refractivity contribution is 0.628. The first-order valence-corrected chi connectivity index (χ1v) is 7.71. The topological polar surface area (TPSA) is 41.9 Å². The van der Waals surface area contributed by atoms with Crippen LogP contribution in [0.25, 0.3) is 21.5 Å². The van der Waals surface area contributed by atoms with E-state index < -0.39 is 0 Å². The molecule has 0 aliphatic carbocycles. The van der Waals surface area contributed by atoms with E-state index in [1.807, 2.05) is 0 Å². The summed E-state index contributed by atoms with van der Waals surface area (Å²) in [5.74, 6) is 0.731. The highest BCUT2D eigenvalue weighted by Crippen LogP contribution is 2.35. The lowest BCUT2D eigenvalue weighted by atomic mass is 10.1. The Bertz CT molecular complexity index is 778. The fourth-order valence-electron chi connectivity index (χ4n) is 2.70. The van der Waals surface area contributed by atoms with Gasteiger partial charge in [0.15, 0.2) is 5.82 Å². The molecule has 6 heteroatoms. The van der Waals surface area contributed by atoms with E-state index in [2.05, 4.69) is 19.2 Å². The van der Waals surface area contributed by atoms with Crippen molar-refractivity contribution in [2.75, 3.05) is 18.0 Å². The lowest BCUT2D eigenvalue weighted by Gasteiger charge is -2.15. The van der Waals surface area contributed by atoms with Crippen LogP contribution >= 0.6 is 11.5 Å². The van der Waals surface area contributed by atoms with Gasteiger partial charge in [-0.05, 0) is 48.6 Å². The third-order valence-corrected chi connectivity index (χ3v) is 4.59. The van der Waals surface area contributed by atoms with E-state index in [4.69, 9.17) is 0 Å². The van der Waals surface area contributed by atoms with Crippen LogP contribution in [0.1, 0.15) is 12.8 Å². The molecule has 1 fully saturated rings. The molecule has 0 N–H and O–H groups in total. The first-order valence-electron chi connectivity index (χ1n) is 6.94. The van der Waals surface area contributed by atoms with Crippen LogP contribution in [0, 0.1) is 5.82 Å². The van der Waals surface area contributed by atoms with Gasteiger partial charge in [-0.1, -0.05) is 0 Å². The molecular weight excluding hydrogens is 287 g/mol. The normalized spacial score (nSPS) is 15.0. The van der Waals surface area contributed by atoms with Gasteiger partial charge in [0.05, 0.1) is 0 Å². The first kappa shape index (κ1) is 12.6. The Morgan fingerprint density at radius 3 is 2.57 bits per heavy atom. The fraction of sp³-hybridized carbons (Fsp3) is 0.267. The van der Waals surface area contributed by atoms with E-state index in [0.717, 1.165) is 40.4 Å². The Morgan fingerprint density at radius 1 is 1.05 bits per heavy atom. The molecule has 0 radical (unpaired) electrons. The van der Waals surface area contributed by atoms with Gasteiger partial charge in [0.2, 0.25) is 0 Å². The van der Waals surface area contributed by atoms with Crippen molar-refractivity contribution >= 4 is 27.6 Å². The van der Waals surface area contributed by atoms with Gasteiger partial charge >= 0.3 is 0 Å². The number of fused-ring (bicyclic) bond motifs is 1. The first-order chi connectivity index (χ1) is 10.3. The summed E-state index contributed by atoms with van der Waals surface area (Å²) in [6, 6.07) is 6.37. The number of halogens is 1. The van der Waals surface area contributed by atoms with E-state index in [-0.39, 0.29) is 5.82 Å². The predicted octanol–water partition coefficient (Wildman–Crippen LogP) is 3.49. The summed E-state index contributed by atoms with van der Waals surface area (Å²) < 4.78 is 18.6. The summed E-state index contributed by atoms with van der Waals surface area (Å²) in [5.41, 5.74) is 2.54. The van der Waals surface area contributed by atoms with E-state index in [0.29, 0.717) is 0 Å². The summed E-state index contributed by atoms with van der Waals surface area (Å²) in [6.45, 7) is 2.08. The Balaban J connectivity index is 1.85. The molecule has 3 heterocycles. The molecule has 4 rings (SSSR count). The monoisotopic (exact) mass is 300 g/mol. The van der Waals surface area contributed by atoms with E-state index >= 15 is 0 Å². The summed E-state index contributed by atoms with van der Waals surface area (Å²) in [6.07, 6.45) is 4.00. The van der Waals surface area contributed by atoms with Gasteiger partial charge in [-0.3, -0.25) is 0 Å². The van der Waals surface area contributed by atoms with Crippen LogP contribution in [0.2, 0.25) is 0 Å². The minimum absolute atomic E-state index is 0.245. The number of anilines is 1. The standard InChI is InChI=1S/C15H13FN4S/c16-11-5-3-10(4-6-11)12-13-14(21-19-12)15(18-9-17-13)20-7-1-2-8-20/h3-6,9H,1-2,7-8H2. The van der Waals surface area contributed by atoms with E-state index in [1.54, 1.807) is 18.5 Å². The van der Waals surface area contributed by atoms with Crippen LogP contribution in [-0.4, -0.2) is 27.4 Å². The highest BCUT2D eigenvalue weighted by atomic mass is 32.1. The molecule has 0 spiro atoms. The molecule has 2 aromatic heterocycles. The molecule has 0 amide bonds. The van der Waals surface area contributed by atoms with Crippen LogP contribution in [0.5, 0.6) is 0 Å². The zero-order valence-corrected chi connectivity index (χ0v) is 12.1. The van der Waals surface area contributed by atoms with Crippen molar-refractivity contribution < 1.29 is 4.39 Å². The molecule has 21 heavy (non-hydrogen) atoms. The molecule has 1 aliphatic rings. The highest BCUT2D eigenvalue weighted by Gasteiger charge is 2.20. The Labute approximate surface area is 125 Å². The number of aromatic nitrogens is 3. The van der Waals surface area contributed by atoms with Gasteiger partial charge in [-0.15, -0.1) is 0 Å². The van der Waals surface area contributed by atoms with Crippen molar-refractivity contribution in [3.63, 3.8) is 0 Å². The fourth-order valence-corrected chi connectivity index (χ4v) is 3.58. The molecular formula is C15H13FN4S. The van der Waals surface area contributed by atoms with Crippen molar-refractivity contribution in [1.29, 1.82) is 0 Å². The zero-order valence-electron chi connectivity index (χ0n) is 11.3. The second-order valence-corrected chi connectivity index (χ2v) is 5.88. The summed E-state index contributed by atoms with van der Waals surface area (Å²) in [5, 5.41) is 0. The maximum Gasteiger partial charge on any atom is 0.151 e. The van der Waals surface area contributed by atoms with Crippen molar-refractivity contribution in [1.82, 2.24) is 14.3 Å². The van der Waals surface area contributed by atoms with Crippen LogP contribution in [0.4, 0.5) is 10.2 Å². The highest BCUT2D eigenvalue weighted by molar-refractivity contribution is 7.14. The number of hydrogen-bond donors (Lipinski definition) is 0. The molecule has 0 atom stereocenters. The summed E-state index contributed by atoms with van der Waals surface area (Å²) in [4.78, 5) is 11.1. The maximum atomic E-state index is 13.1. The SMILES string of the molecule is Fc1ccc(-c2nsc3c(N4CCCC4)ncnc23)cc1. The van der Waals surface area contributed by atoms with Gasteiger partial charge in [0.25, 0.3) is 0 Å². The zero-order chi connectivity index (χ0) is 14.2. The minimum Gasteiger partial charge on any atom is -0.355 e. The van der Waals surface area contributed by atoms with Gasteiger partial charge in [-0.2, -0.15) is 4.37 Å². The molecule has 3 aromatic rings. The van der Waals surface area contributed by atoms with Gasteiger partial charge in [-0.25, -0.2) is 14.4 Å². The number of hydrogen-bond acceptors (Lipinski definition) is 5. The van der Waals surface area contributed by atoms with E-state index in [1.165, 1.54) is 36.5 Å². The van der Waals surface area contributed by atoms with Crippen LogP contribution in [0.15, 0.2) is 30.6 Å². The molecule has 106 valence electrons. The second-order valence-electron chi connectivity index (χ2n) is 5.11. The smallest absolute Gasteiger partial charge is 0.151 e. The average Bonchev–Trinajstić information content (AvgIpc) is 3.17. The predicted molar refractivity (Wildman–Crippen MR) is 82.1 cm³/mol. The molecule has 0 unspecified atom stereocenters. The number of rotatable bonds is 2. The summed E-state index contributed by atoms with van der Waals surface area (Å²) in [7, 11) is 0. The van der Waals surface area contributed by atoms with Gasteiger partial charge in [0.1, 0.15) is 28.1 Å². The Kier molecular flexibility index (Phi) is 3.03. The van der Waals surface area contributed by atoms with Crippen molar-refractivity contribution in [2.24, 2.45) is 0 Å². The van der Waals surface area contributed by atoms with Gasteiger partial charge in [0, 0.05) is 18.7 Å². The Hall–Kier alpha value is -2.08. The van der Waals surface area contributed by atoms with E-state index in [9.17, 15) is 4.39 Å². The Morgan fingerprint density at radius 2 is 1.81 bits per heavy atom. The quantitative estimate of drug-likeness (QED) is 0.726. The van der Waals surface area contributed by atoms with Crippen molar-refractivity contribution in [3.05, 3.63) is 36.4 Å². The number of benzene rings is 1.